The highest BCUT2D eigenvalue weighted by molar-refractivity contribution is 5.28. The third-order valence-electron chi connectivity index (χ3n) is 3.31. The van der Waals surface area contributed by atoms with Gasteiger partial charge in [-0.25, -0.2) is 0 Å². The molecule has 0 saturated heterocycles. The first kappa shape index (κ1) is 15.5. The minimum atomic E-state index is 0.862. The van der Waals surface area contributed by atoms with Gasteiger partial charge in [-0.3, -0.25) is 4.98 Å². The molecule has 1 heterocycles. The standard InChI is InChI=1S/C17H23N3O/c1-20(14-15-5-3-7-17(11-15)21-2)10-9-19-13-16-6-4-8-18-12-16/h3-8,11-12,19H,9-10,13-14H2,1-2H3. The van der Waals surface area contributed by atoms with Crippen LogP contribution in [0.15, 0.2) is 48.8 Å². The topological polar surface area (TPSA) is 37.4 Å². The zero-order valence-corrected chi connectivity index (χ0v) is 12.7. The fraction of sp³-hybridized carbons (Fsp3) is 0.353. The van der Waals surface area contributed by atoms with Gasteiger partial charge in [-0.1, -0.05) is 18.2 Å². The molecule has 1 N–H and O–H groups in total. The molecule has 1 aromatic heterocycles. The summed E-state index contributed by atoms with van der Waals surface area (Å²) in [5.74, 6) is 0.913. The van der Waals surface area contributed by atoms with Gasteiger partial charge in [0.1, 0.15) is 5.75 Å². The maximum atomic E-state index is 5.25. The van der Waals surface area contributed by atoms with Crippen molar-refractivity contribution in [1.82, 2.24) is 15.2 Å². The highest BCUT2D eigenvalue weighted by Gasteiger charge is 2.01. The third kappa shape index (κ3) is 5.53. The number of nitrogens with one attached hydrogen (secondary N) is 1. The average Bonchev–Trinajstić information content (AvgIpc) is 2.53. The Morgan fingerprint density at radius 1 is 1.19 bits per heavy atom. The molecule has 0 radical (unpaired) electrons. The van der Waals surface area contributed by atoms with E-state index in [2.05, 4.69) is 40.4 Å². The smallest absolute Gasteiger partial charge is 0.119 e. The summed E-state index contributed by atoms with van der Waals surface area (Å²) in [4.78, 5) is 6.41. The van der Waals surface area contributed by atoms with Gasteiger partial charge in [-0.2, -0.15) is 0 Å². The molecule has 0 unspecified atom stereocenters. The molecule has 2 aromatic rings. The zero-order valence-electron chi connectivity index (χ0n) is 12.7. The van der Waals surface area contributed by atoms with E-state index in [4.69, 9.17) is 4.74 Å². The van der Waals surface area contributed by atoms with Crippen LogP contribution in [0.25, 0.3) is 0 Å². The second kappa shape index (κ2) is 8.39. The molecule has 112 valence electrons. The molecular weight excluding hydrogens is 262 g/mol. The number of pyridine rings is 1. The Kier molecular flexibility index (Phi) is 6.19. The highest BCUT2D eigenvalue weighted by Crippen LogP contribution is 2.13. The van der Waals surface area contributed by atoms with Crippen molar-refractivity contribution in [3.8, 4) is 5.75 Å². The monoisotopic (exact) mass is 285 g/mol. The van der Waals surface area contributed by atoms with E-state index in [0.29, 0.717) is 0 Å². The lowest BCUT2D eigenvalue weighted by Crippen LogP contribution is -2.28. The van der Waals surface area contributed by atoms with Crippen molar-refractivity contribution in [3.05, 3.63) is 59.9 Å². The first-order valence-electron chi connectivity index (χ1n) is 7.19. The van der Waals surface area contributed by atoms with Gasteiger partial charge in [0.25, 0.3) is 0 Å². The lowest BCUT2D eigenvalue weighted by atomic mass is 10.2. The van der Waals surface area contributed by atoms with Crippen molar-refractivity contribution in [1.29, 1.82) is 0 Å². The summed E-state index contributed by atoms with van der Waals surface area (Å²) in [5.41, 5.74) is 2.48. The molecular formula is C17H23N3O. The molecule has 4 heteroatoms. The first-order chi connectivity index (χ1) is 10.3. The molecule has 0 fully saturated rings. The SMILES string of the molecule is COc1cccc(CN(C)CCNCc2cccnc2)c1. The van der Waals surface area contributed by atoms with E-state index < -0.39 is 0 Å². The van der Waals surface area contributed by atoms with Crippen LogP contribution in [-0.2, 0) is 13.1 Å². The van der Waals surface area contributed by atoms with Gasteiger partial charge in [-0.05, 0) is 36.4 Å². The minimum Gasteiger partial charge on any atom is -0.497 e. The van der Waals surface area contributed by atoms with Crippen molar-refractivity contribution >= 4 is 0 Å². The fourth-order valence-corrected chi connectivity index (χ4v) is 2.17. The second-order valence-electron chi connectivity index (χ2n) is 5.13. The van der Waals surface area contributed by atoms with Crippen molar-refractivity contribution in [2.45, 2.75) is 13.1 Å². The Hall–Kier alpha value is -1.91. The predicted molar refractivity (Wildman–Crippen MR) is 85.3 cm³/mol. The predicted octanol–water partition coefficient (Wildman–Crippen LogP) is 2.31. The Morgan fingerprint density at radius 2 is 2.05 bits per heavy atom. The molecule has 0 bridgehead atoms. The van der Waals surface area contributed by atoms with Crippen molar-refractivity contribution in [3.63, 3.8) is 0 Å². The van der Waals surface area contributed by atoms with Crippen molar-refractivity contribution < 1.29 is 4.74 Å². The third-order valence-corrected chi connectivity index (χ3v) is 3.31. The number of ether oxygens (including phenoxy) is 1. The summed E-state index contributed by atoms with van der Waals surface area (Å²) in [5, 5.41) is 3.43. The molecule has 1 aromatic carbocycles. The molecule has 2 rings (SSSR count). The van der Waals surface area contributed by atoms with Gasteiger partial charge in [-0.15, -0.1) is 0 Å². The number of hydrogen-bond acceptors (Lipinski definition) is 4. The van der Waals surface area contributed by atoms with Crippen LogP contribution in [0.5, 0.6) is 5.75 Å². The maximum absolute atomic E-state index is 5.25. The molecule has 4 nitrogen and oxygen atoms in total. The molecule has 0 aliphatic carbocycles. The quantitative estimate of drug-likeness (QED) is 0.755. The fourth-order valence-electron chi connectivity index (χ4n) is 2.17. The van der Waals surface area contributed by atoms with Crippen LogP contribution >= 0.6 is 0 Å². The Labute approximate surface area is 126 Å². The van der Waals surface area contributed by atoms with Crippen LogP contribution in [-0.4, -0.2) is 37.1 Å². The molecule has 0 saturated carbocycles. The van der Waals surface area contributed by atoms with Gasteiger partial charge < -0.3 is 15.0 Å². The second-order valence-corrected chi connectivity index (χ2v) is 5.13. The van der Waals surface area contributed by atoms with Gasteiger partial charge in [0.05, 0.1) is 7.11 Å². The number of benzene rings is 1. The maximum Gasteiger partial charge on any atom is 0.119 e. The first-order valence-corrected chi connectivity index (χ1v) is 7.19. The Bertz CT molecular complexity index is 531. The van der Waals surface area contributed by atoms with E-state index in [1.165, 1.54) is 11.1 Å². The van der Waals surface area contributed by atoms with Gasteiger partial charge in [0.2, 0.25) is 0 Å². The Morgan fingerprint density at radius 3 is 2.81 bits per heavy atom. The summed E-state index contributed by atoms with van der Waals surface area (Å²) in [7, 11) is 3.83. The van der Waals surface area contributed by atoms with Crippen LogP contribution in [0.1, 0.15) is 11.1 Å². The van der Waals surface area contributed by atoms with E-state index >= 15 is 0 Å². The van der Waals surface area contributed by atoms with Crippen LogP contribution < -0.4 is 10.1 Å². The number of likely N-dealkylation sites (N-methyl/N-ethyl adjacent to an activating group) is 1. The number of hydrogen-bond donors (Lipinski definition) is 1. The lowest BCUT2D eigenvalue weighted by molar-refractivity contribution is 0.323. The molecule has 0 aliphatic rings. The molecule has 0 amide bonds. The average molecular weight is 285 g/mol. The minimum absolute atomic E-state index is 0.862. The van der Waals surface area contributed by atoms with Crippen LogP contribution in [0, 0.1) is 0 Å². The molecule has 0 spiro atoms. The molecule has 21 heavy (non-hydrogen) atoms. The van der Waals surface area contributed by atoms with E-state index in [0.717, 1.165) is 31.9 Å². The zero-order chi connectivity index (χ0) is 14.9. The normalized spacial score (nSPS) is 10.8. The Balaban J connectivity index is 1.68. The van der Waals surface area contributed by atoms with Crippen molar-refractivity contribution in [2.75, 3.05) is 27.2 Å². The number of methoxy groups -OCH3 is 1. The summed E-state index contributed by atoms with van der Waals surface area (Å²) >= 11 is 0. The van der Waals surface area contributed by atoms with Gasteiger partial charge in [0.15, 0.2) is 0 Å². The van der Waals surface area contributed by atoms with Crippen LogP contribution in [0.3, 0.4) is 0 Å². The molecule has 0 aliphatic heterocycles. The summed E-state index contributed by atoms with van der Waals surface area (Å²) in [6.07, 6.45) is 3.69. The number of aromatic nitrogens is 1. The van der Waals surface area contributed by atoms with Crippen LogP contribution in [0.2, 0.25) is 0 Å². The highest BCUT2D eigenvalue weighted by atomic mass is 16.5. The van der Waals surface area contributed by atoms with Crippen molar-refractivity contribution in [2.24, 2.45) is 0 Å². The van der Waals surface area contributed by atoms with E-state index in [1.54, 1.807) is 13.3 Å². The summed E-state index contributed by atoms with van der Waals surface area (Å²) in [6, 6.07) is 12.3. The lowest BCUT2D eigenvalue weighted by Gasteiger charge is -2.17. The van der Waals surface area contributed by atoms with E-state index in [9.17, 15) is 0 Å². The van der Waals surface area contributed by atoms with E-state index in [1.807, 2.05) is 24.4 Å². The van der Waals surface area contributed by atoms with E-state index in [-0.39, 0.29) is 0 Å². The molecule has 0 atom stereocenters. The van der Waals surface area contributed by atoms with Crippen LogP contribution in [0.4, 0.5) is 0 Å². The number of nitrogens with zero attached hydrogens (tertiary/aromatic N) is 2. The van der Waals surface area contributed by atoms with Gasteiger partial charge >= 0.3 is 0 Å². The summed E-state index contributed by atoms with van der Waals surface area (Å²) in [6.45, 7) is 3.74. The van der Waals surface area contributed by atoms with Gasteiger partial charge in [0, 0.05) is 38.6 Å². The number of rotatable bonds is 8. The summed E-state index contributed by atoms with van der Waals surface area (Å²) < 4.78 is 5.25. The largest absolute Gasteiger partial charge is 0.497 e.